The van der Waals surface area contributed by atoms with Gasteiger partial charge in [0.25, 0.3) is 9.17 Å². The molecule has 2 rings (SSSR count). The standard InChI is InChI=1S/C17H12Cl4F2O3/c1-25-9-3-5-11(13(7-9)16(18,19)22)15(24)12-6-4-10(26-2)8-14(12)17(20,21)23/h3-8H,1-2H3. The molecule has 0 saturated carbocycles. The molecule has 140 valence electrons. The third kappa shape index (κ3) is 4.52. The van der Waals surface area contributed by atoms with Crippen molar-refractivity contribution in [2.45, 2.75) is 9.17 Å². The number of methoxy groups -OCH3 is 2. The molecule has 0 aliphatic rings. The molecule has 9 heteroatoms. The number of ether oxygens (including phenoxy) is 2. The zero-order chi connectivity index (χ0) is 19.7. The maximum Gasteiger partial charge on any atom is 0.284 e. The van der Waals surface area contributed by atoms with E-state index < -0.39 is 15.0 Å². The van der Waals surface area contributed by atoms with Crippen LogP contribution < -0.4 is 9.47 Å². The first kappa shape index (κ1) is 21.0. The first-order chi connectivity index (χ1) is 12.0. The number of hydrogen-bond acceptors (Lipinski definition) is 3. The van der Waals surface area contributed by atoms with Gasteiger partial charge in [-0.1, -0.05) is 46.4 Å². The van der Waals surface area contributed by atoms with Gasteiger partial charge in [-0.2, -0.15) is 0 Å². The molecule has 0 amide bonds. The molecule has 2 aromatic carbocycles. The van der Waals surface area contributed by atoms with Gasteiger partial charge in [-0.05, 0) is 36.4 Å². The molecule has 0 radical (unpaired) electrons. The zero-order valence-electron chi connectivity index (χ0n) is 13.5. The average molecular weight is 444 g/mol. The van der Waals surface area contributed by atoms with Crippen molar-refractivity contribution in [3.63, 3.8) is 0 Å². The molecule has 0 saturated heterocycles. The highest BCUT2D eigenvalue weighted by molar-refractivity contribution is 6.48. The minimum atomic E-state index is -2.89. The van der Waals surface area contributed by atoms with Gasteiger partial charge in [0.2, 0.25) is 0 Å². The fourth-order valence-corrected chi connectivity index (χ4v) is 2.94. The van der Waals surface area contributed by atoms with Crippen molar-refractivity contribution in [1.29, 1.82) is 0 Å². The number of hydrogen-bond donors (Lipinski definition) is 0. The summed E-state index contributed by atoms with van der Waals surface area (Å²) in [4.78, 5) is 12.9. The Morgan fingerprint density at radius 2 is 1.15 bits per heavy atom. The van der Waals surface area contributed by atoms with Crippen LogP contribution in [0, 0.1) is 0 Å². The lowest BCUT2D eigenvalue weighted by atomic mass is 9.95. The largest absolute Gasteiger partial charge is 0.497 e. The topological polar surface area (TPSA) is 35.5 Å². The summed E-state index contributed by atoms with van der Waals surface area (Å²) in [5, 5.41) is 0. The molecule has 0 bridgehead atoms. The van der Waals surface area contributed by atoms with Crippen LogP contribution in [0.5, 0.6) is 11.5 Å². The molecular weight excluding hydrogens is 432 g/mol. The van der Waals surface area contributed by atoms with Gasteiger partial charge in [0.15, 0.2) is 5.78 Å². The molecule has 26 heavy (non-hydrogen) atoms. The predicted molar refractivity (Wildman–Crippen MR) is 98.4 cm³/mol. The first-order valence-electron chi connectivity index (χ1n) is 7.04. The molecule has 0 aromatic heterocycles. The molecule has 0 heterocycles. The molecule has 0 aliphatic heterocycles. The van der Waals surface area contributed by atoms with Gasteiger partial charge in [-0.15, -0.1) is 0 Å². The third-order valence-electron chi connectivity index (χ3n) is 3.55. The molecule has 2 aromatic rings. The lowest BCUT2D eigenvalue weighted by Crippen LogP contribution is -2.16. The van der Waals surface area contributed by atoms with E-state index in [9.17, 15) is 13.6 Å². The van der Waals surface area contributed by atoms with E-state index in [1.165, 1.54) is 50.6 Å². The summed E-state index contributed by atoms with van der Waals surface area (Å²) in [5.41, 5.74) is -1.13. The van der Waals surface area contributed by atoms with Crippen LogP contribution in [0.25, 0.3) is 0 Å². The molecule has 0 N–H and O–H groups in total. The lowest BCUT2D eigenvalue weighted by Gasteiger charge is -2.19. The Balaban J connectivity index is 2.67. The highest BCUT2D eigenvalue weighted by atomic mass is 35.5. The van der Waals surface area contributed by atoms with Crippen LogP contribution in [0.4, 0.5) is 8.78 Å². The summed E-state index contributed by atoms with van der Waals surface area (Å²) >= 11 is 22.2. The van der Waals surface area contributed by atoms with Crippen molar-refractivity contribution < 1.29 is 23.0 Å². The van der Waals surface area contributed by atoms with Crippen LogP contribution in [0.1, 0.15) is 27.0 Å². The summed E-state index contributed by atoms with van der Waals surface area (Å²) in [5.74, 6) is -0.333. The van der Waals surface area contributed by atoms with E-state index in [0.29, 0.717) is 0 Å². The van der Waals surface area contributed by atoms with Crippen molar-refractivity contribution >= 4 is 52.2 Å². The van der Waals surface area contributed by atoms with Gasteiger partial charge >= 0.3 is 0 Å². The van der Waals surface area contributed by atoms with Crippen LogP contribution in [-0.4, -0.2) is 20.0 Å². The Bertz CT molecular complexity index is 762. The van der Waals surface area contributed by atoms with E-state index in [-0.39, 0.29) is 33.8 Å². The predicted octanol–water partition coefficient (Wildman–Crippen LogP) is 6.05. The van der Waals surface area contributed by atoms with E-state index in [1.807, 2.05) is 0 Å². The summed E-state index contributed by atoms with van der Waals surface area (Å²) in [7, 11) is 2.70. The van der Waals surface area contributed by atoms with E-state index >= 15 is 0 Å². The van der Waals surface area contributed by atoms with Crippen LogP contribution in [0.2, 0.25) is 0 Å². The van der Waals surface area contributed by atoms with E-state index in [0.717, 1.165) is 0 Å². The molecule has 3 nitrogen and oxygen atoms in total. The number of alkyl halides is 6. The molecule has 0 aliphatic carbocycles. The Morgan fingerprint density at radius 3 is 1.42 bits per heavy atom. The second-order valence-electron chi connectivity index (χ2n) is 5.15. The number of rotatable bonds is 6. The van der Waals surface area contributed by atoms with Gasteiger partial charge < -0.3 is 9.47 Å². The third-order valence-corrected chi connectivity index (χ3v) is 4.37. The fourth-order valence-electron chi connectivity index (χ4n) is 2.31. The van der Waals surface area contributed by atoms with Crippen molar-refractivity contribution in [1.82, 2.24) is 0 Å². The van der Waals surface area contributed by atoms with Gasteiger partial charge in [-0.25, -0.2) is 8.78 Å². The maximum absolute atomic E-state index is 14.2. The summed E-state index contributed by atoms with van der Waals surface area (Å²) < 4.78 is 32.6. The Hall–Kier alpha value is -1.27. The highest BCUT2D eigenvalue weighted by Crippen LogP contribution is 2.42. The van der Waals surface area contributed by atoms with E-state index in [4.69, 9.17) is 55.9 Å². The summed E-state index contributed by atoms with van der Waals surface area (Å²) in [6.45, 7) is 0. The van der Waals surface area contributed by atoms with Gasteiger partial charge in [0.1, 0.15) is 11.5 Å². The molecule has 0 atom stereocenters. The van der Waals surface area contributed by atoms with Crippen molar-refractivity contribution in [3.05, 3.63) is 58.7 Å². The normalized spacial score (nSPS) is 12.0. The lowest BCUT2D eigenvalue weighted by molar-refractivity contribution is 0.103. The number of halogens is 6. The Kier molecular flexibility index (Phi) is 6.28. The number of benzene rings is 2. The Labute approximate surface area is 168 Å². The highest BCUT2D eigenvalue weighted by Gasteiger charge is 2.35. The van der Waals surface area contributed by atoms with Crippen molar-refractivity contribution in [2.24, 2.45) is 0 Å². The van der Waals surface area contributed by atoms with Crippen LogP contribution >= 0.6 is 46.4 Å². The fraction of sp³-hybridized carbons (Fsp3) is 0.235. The molecule has 0 fully saturated rings. The molecule has 0 spiro atoms. The monoisotopic (exact) mass is 442 g/mol. The number of ketones is 1. The summed E-state index contributed by atoms with van der Waals surface area (Å²) in [6.07, 6.45) is 0. The van der Waals surface area contributed by atoms with E-state index in [1.54, 1.807) is 0 Å². The second kappa shape index (κ2) is 7.77. The minimum absolute atomic E-state index is 0.206. The van der Waals surface area contributed by atoms with E-state index in [2.05, 4.69) is 0 Å². The SMILES string of the molecule is COc1ccc(C(=O)c2ccc(OC)cc2C(F)(Cl)Cl)c(C(F)(Cl)Cl)c1. The first-order valence-corrected chi connectivity index (χ1v) is 8.55. The van der Waals surface area contributed by atoms with Crippen molar-refractivity contribution in [2.75, 3.05) is 14.2 Å². The summed E-state index contributed by atoms with van der Waals surface area (Å²) in [6, 6.07) is 7.66. The van der Waals surface area contributed by atoms with Gasteiger partial charge in [0, 0.05) is 22.3 Å². The molecule has 0 unspecified atom stereocenters. The second-order valence-corrected chi connectivity index (χ2v) is 7.62. The number of carbonyl (C=O) groups is 1. The Morgan fingerprint density at radius 1 is 0.808 bits per heavy atom. The quantitative estimate of drug-likeness (QED) is 0.402. The smallest absolute Gasteiger partial charge is 0.284 e. The number of carbonyl (C=O) groups excluding carboxylic acids is 1. The van der Waals surface area contributed by atoms with Crippen LogP contribution in [0.3, 0.4) is 0 Å². The van der Waals surface area contributed by atoms with Crippen molar-refractivity contribution in [3.8, 4) is 11.5 Å². The van der Waals surface area contributed by atoms with Crippen LogP contribution in [-0.2, 0) is 9.17 Å². The zero-order valence-corrected chi connectivity index (χ0v) is 16.5. The van der Waals surface area contributed by atoms with Gasteiger partial charge in [0.05, 0.1) is 14.2 Å². The minimum Gasteiger partial charge on any atom is -0.497 e. The average Bonchev–Trinajstić information content (AvgIpc) is 2.58. The molecular formula is C17H12Cl4F2O3. The van der Waals surface area contributed by atoms with Crippen LogP contribution in [0.15, 0.2) is 36.4 Å². The van der Waals surface area contributed by atoms with Gasteiger partial charge in [-0.3, -0.25) is 4.79 Å². The maximum atomic E-state index is 14.2.